The highest BCUT2D eigenvalue weighted by molar-refractivity contribution is 6.30. The number of furan rings is 1. The molecule has 1 atom stereocenters. The van der Waals surface area contributed by atoms with Crippen LogP contribution in [0.3, 0.4) is 0 Å². The number of para-hydroxylation sites is 1. The van der Waals surface area contributed by atoms with Gasteiger partial charge in [-0.05, 0) is 42.3 Å². The van der Waals surface area contributed by atoms with E-state index in [2.05, 4.69) is 17.2 Å². The SMILES string of the molecule is C[C@H](NCc1c(Cl)oc2ccccc12)c1ccncc1. The number of nitrogens with zero attached hydrogens (tertiary/aromatic N) is 1. The first kappa shape index (κ1) is 13.2. The molecule has 3 rings (SSSR count). The van der Waals surface area contributed by atoms with Crippen molar-refractivity contribution in [2.24, 2.45) is 0 Å². The van der Waals surface area contributed by atoms with Crippen molar-refractivity contribution in [3.8, 4) is 0 Å². The lowest BCUT2D eigenvalue weighted by Gasteiger charge is -2.13. The molecule has 1 N–H and O–H groups in total. The Bertz CT molecular complexity index is 709. The van der Waals surface area contributed by atoms with E-state index in [-0.39, 0.29) is 6.04 Å². The van der Waals surface area contributed by atoms with E-state index < -0.39 is 0 Å². The first-order valence-electron chi connectivity index (χ1n) is 6.55. The van der Waals surface area contributed by atoms with Gasteiger partial charge in [0.15, 0.2) is 5.22 Å². The number of aromatic nitrogens is 1. The maximum Gasteiger partial charge on any atom is 0.199 e. The van der Waals surface area contributed by atoms with Crippen LogP contribution in [0.4, 0.5) is 0 Å². The van der Waals surface area contributed by atoms with Crippen LogP contribution in [-0.2, 0) is 6.54 Å². The molecule has 0 saturated heterocycles. The Morgan fingerprint density at radius 3 is 2.75 bits per heavy atom. The molecule has 0 aliphatic rings. The molecule has 0 unspecified atom stereocenters. The van der Waals surface area contributed by atoms with Crippen LogP contribution in [0, 0.1) is 0 Å². The van der Waals surface area contributed by atoms with Gasteiger partial charge in [-0.3, -0.25) is 4.98 Å². The highest BCUT2D eigenvalue weighted by Gasteiger charge is 2.13. The monoisotopic (exact) mass is 286 g/mol. The Hall–Kier alpha value is -1.84. The number of pyridine rings is 1. The summed E-state index contributed by atoms with van der Waals surface area (Å²) in [4.78, 5) is 4.03. The predicted molar refractivity (Wildman–Crippen MR) is 80.7 cm³/mol. The van der Waals surface area contributed by atoms with E-state index in [4.69, 9.17) is 16.0 Å². The lowest BCUT2D eigenvalue weighted by Crippen LogP contribution is -2.18. The fourth-order valence-corrected chi connectivity index (χ4v) is 2.51. The molecule has 0 saturated carbocycles. The summed E-state index contributed by atoms with van der Waals surface area (Å²) in [7, 11) is 0. The second kappa shape index (κ2) is 5.65. The third-order valence-corrected chi connectivity index (χ3v) is 3.75. The minimum absolute atomic E-state index is 0.225. The fraction of sp³-hybridized carbons (Fsp3) is 0.188. The Balaban J connectivity index is 1.79. The Morgan fingerprint density at radius 1 is 1.20 bits per heavy atom. The van der Waals surface area contributed by atoms with E-state index in [0.717, 1.165) is 16.5 Å². The molecule has 2 heterocycles. The van der Waals surface area contributed by atoms with Gasteiger partial charge in [-0.25, -0.2) is 0 Å². The summed E-state index contributed by atoms with van der Waals surface area (Å²) in [5.74, 6) is 0. The fourth-order valence-electron chi connectivity index (χ4n) is 2.26. The summed E-state index contributed by atoms with van der Waals surface area (Å²) in [6.07, 6.45) is 3.60. The van der Waals surface area contributed by atoms with Crippen LogP contribution in [0.2, 0.25) is 5.22 Å². The minimum atomic E-state index is 0.225. The molecule has 1 aromatic carbocycles. The van der Waals surface area contributed by atoms with E-state index in [9.17, 15) is 0 Å². The summed E-state index contributed by atoms with van der Waals surface area (Å²) in [6, 6.07) is 12.1. The van der Waals surface area contributed by atoms with Crippen LogP contribution in [-0.4, -0.2) is 4.98 Å². The number of hydrogen-bond donors (Lipinski definition) is 1. The summed E-state index contributed by atoms with van der Waals surface area (Å²) in [5, 5.41) is 4.98. The van der Waals surface area contributed by atoms with Crippen molar-refractivity contribution in [3.63, 3.8) is 0 Å². The van der Waals surface area contributed by atoms with Crippen molar-refractivity contribution in [3.05, 3.63) is 65.1 Å². The number of benzene rings is 1. The highest BCUT2D eigenvalue weighted by Crippen LogP contribution is 2.29. The molecule has 3 nitrogen and oxygen atoms in total. The zero-order valence-corrected chi connectivity index (χ0v) is 11.9. The van der Waals surface area contributed by atoms with Crippen molar-refractivity contribution >= 4 is 22.6 Å². The van der Waals surface area contributed by atoms with E-state index in [1.807, 2.05) is 36.4 Å². The normalized spacial score (nSPS) is 12.7. The quantitative estimate of drug-likeness (QED) is 0.775. The maximum absolute atomic E-state index is 6.18. The molecule has 4 heteroatoms. The molecule has 102 valence electrons. The third-order valence-electron chi connectivity index (χ3n) is 3.44. The number of nitrogens with one attached hydrogen (secondary N) is 1. The second-order valence-corrected chi connectivity index (χ2v) is 5.08. The Labute approximate surface area is 122 Å². The molecule has 0 amide bonds. The van der Waals surface area contributed by atoms with Crippen LogP contribution in [0.1, 0.15) is 24.1 Å². The average Bonchev–Trinajstić information content (AvgIpc) is 2.81. The van der Waals surface area contributed by atoms with Gasteiger partial charge in [0, 0.05) is 35.9 Å². The lowest BCUT2D eigenvalue weighted by atomic mass is 10.1. The van der Waals surface area contributed by atoms with Gasteiger partial charge in [-0.15, -0.1) is 0 Å². The highest BCUT2D eigenvalue weighted by atomic mass is 35.5. The lowest BCUT2D eigenvalue weighted by molar-refractivity contribution is 0.563. The first-order chi connectivity index (χ1) is 9.75. The van der Waals surface area contributed by atoms with Gasteiger partial charge in [0.25, 0.3) is 0 Å². The van der Waals surface area contributed by atoms with Crippen molar-refractivity contribution in [2.75, 3.05) is 0 Å². The largest absolute Gasteiger partial charge is 0.444 e. The maximum atomic E-state index is 6.18. The number of fused-ring (bicyclic) bond motifs is 1. The molecule has 20 heavy (non-hydrogen) atoms. The van der Waals surface area contributed by atoms with Crippen LogP contribution < -0.4 is 5.32 Å². The third kappa shape index (κ3) is 2.55. The van der Waals surface area contributed by atoms with Gasteiger partial charge in [-0.1, -0.05) is 18.2 Å². The number of rotatable bonds is 4. The van der Waals surface area contributed by atoms with Gasteiger partial charge in [0.2, 0.25) is 0 Å². The van der Waals surface area contributed by atoms with Crippen molar-refractivity contribution in [1.29, 1.82) is 0 Å². The molecule has 2 aromatic heterocycles. The zero-order valence-electron chi connectivity index (χ0n) is 11.1. The first-order valence-corrected chi connectivity index (χ1v) is 6.92. The van der Waals surface area contributed by atoms with Gasteiger partial charge in [0.1, 0.15) is 5.58 Å². The molecule has 0 radical (unpaired) electrons. The molecule has 0 aliphatic carbocycles. The van der Waals surface area contributed by atoms with Gasteiger partial charge >= 0.3 is 0 Å². The van der Waals surface area contributed by atoms with E-state index >= 15 is 0 Å². The molecular formula is C16H15ClN2O. The summed E-state index contributed by atoms with van der Waals surface area (Å²) in [6.45, 7) is 2.78. The Morgan fingerprint density at radius 2 is 1.95 bits per heavy atom. The molecule has 0 bridgehead atoms. The molecule has 0 spiro atoms. The standard InChI is InChI=1S/C16H15ClN2O/c1-11(12-6-8-18-9-7-12)19-10-14-13-4-2-3-5-15(13)20-16(14)17/h2-9,11,19H,10H2,1H3/t11-/m0/s1. The van der Waals surface area contributed by atoms with Crippen molar-refractivity contribution in [2.45, 2.75) is 19.5 Å². The van der Waals surface area contributed by atoms with Crippen molar-refractivity contribution < 1.29 is 4.42 Å². The molecule has 3 aromatic rings. The van der Waals surface area contributed by atoms with Gasteiger partial charge in [0.05, 0.1) is 0 Å². The summed E-state index contributed by atoms with van der Waals surface area (Å²) < 4.78 is 5.55. The minimum Gasteiger partial charge on any atom is -0.444 e. The molecular weight excluding hydrogens is 272 g/mol. The van der Waals surface area contributed by atoms with E-state index in [0.29, 0.717) is 11.8 Å². The second-order valence-electron chi connectivity index (χ2n) is 4.73. The molecule has 0 aliphatic heterocycles. The number of hydrogen-bond acceptors (Lipinski definition) is 3. The van der Waals surface area contributed by atoms with Gasteiger partial charge in [-0.2, -0.15) is 0 Å². The van der Waals surface area contributed by atoms with Crippen LogP contribution in [0.5, 0.6) is 0 Å². The van der Waals surface area contributed by atoms with Gasteiger partial charge < -0.3 is 9.73 Å². The molecule has 0 fully saturated rings. The number of halogens is 1. The van der Waals surface area contributed by atoms with E-state index in [1.54, 1.807) is 12.4 Å². The van der Waals surface area contributed by atoms with Crippen molar-refractivity contribution in [1.82, 2.24) is 10.3 Å². The summed E-state index contributed by atoms with van der Waals surface area (Å²) >= 11 is 6.18. The topological polar surface area (TPSA) is 38.1 Å². The summed E-state index contributed by atoms with van der Waals surface area (Å²) in [5.41, 5.74) is 3.03. The predicted octanol–water partition coefficient (Wildman–Crippen LogP) is 4.33. The van der Waals surface area contributed by atoms with Crippen LogP contribution >= 0.6 is 11.6 Å². The van der Waals surface area contributed by atoms with E-state index in [1.165, 1.54) is 5.56 Å². The zero-order chi connectivity index (χ0) is 13.9. The van der Waals surface area contributed by atoms with Crippen LogP contribution in [0.15, 0.2) is 53.2 Å². The average molecular weight is 287 g/mol. The smallest absolute Gasteiger partial charge is 0.199 e. The Kier molecular flexibility index (Phi) is 3.72. The van der Waals surface area contributed by atoms with Crippen LogP contribution in [0.25, 0.3) is 11.0 Å².